The molecule has 1 fully saturated rings. The highest BCUT2D eigenvalue weighted by molar-refractivity contribution is 6.10. The van der Waals surface area contributed by atoms with Crippen LogP contribution in [0.5, 0.6) is 0 Å². The van der Waals surface area contributed by atoms with Crippen molar-refractivity contribution in [2.75, 3.05) is 18.8 Å². The van der Waals surface area contributed by atoms with Crippen LogP contribution < -0.4 is 5.73 Å². The predicted octanol–water partition coefficient (Wildman–Crippen LogP) is 3.47. The number of nitrogen functional groups attached to an aromatic ring is 1. The molecule has 3 aromatic heterocycles. The smallest absolute Gasteiger partial charge is 0.246 e. The number of fused-ring (bicyclic) bond motifs is 2. The molecule has 1 aliphatic rings. The number of carbonyl (C=O) groups is 2. The minimum Gasteiger partial charge on any atom is -0.383 e. The van der Waals surface area contributed by atoms with E-state index >= 15 is 0 Å². The molecule has 2 N–H and O–H groups in total. The van der Waals surface area contributed by atoms with Crippen molar-refractivity contribution in [3.8, 4) is 11.8 Å². The number of hydrogen-bond donors (Lipinski definition) is 1. The molecule has 10 heteroatoms. The Morgan fingerprint density at radius 1 is 1.27 bits per heavy atom. The number of nitrogens with zero attached hydrogens (tertiary/aromatic N) is 6. The molecular formula is C27H26FN7O2. The van der Waals surface area contributed by atoms with Gasteiger partial charge in [-0.1, -0.05) is 19.4 Å². The molecule has 0 aliphatic carbocycles. The number of benzene rings is 1. The molecule has 1 saturated heterocycles. The third-order valence-corrected chi connectivity index (χ3v) is 6.74. The summed E-state index contributed by atoms with van der Waals surface area (Å²) in [5.74, 6) is 5.26. The zero-order chi connectivity index (χ0) is 26.3. The Bertz CT molecular complexity index is 1640. The average Bonchev–Trinajstić information content (AvgIpc) is 3.63. The van der Waals surface area contributed by atoms with Crippen LogP contribution in [0.3, 0.4) is 0 Å². The predicted molar refractivity (Wildman–Crippen MR) is 138 cm³/mol. The molecule has 188 valence electrons. The monoisotopic (exact) mass is 499 g/mol. The van der Waals surface area contributed by atoms with E-state index in [-0.39, 0.29) is 41.2 Å². The maximum atomic E-state index is 14.9. The molecule has 1 aliphatic heterocycles. The molecule has 4 aromatic rings. The summed E-state index contributed by atoms with van der Waals surface area (Å²) in [7, 11) is 0. The van der Waals surface area contributed by atoms with E-state index in [9.17, 15) is 14.0 Å². The lowest BCUT2D eigenvalue weighted by molar-refractivity contribution is -0.125. The molecule has 0 saturated carbocycles. The van der Waals surface area contributed by atoms with Gasteiger partial charge in [0.15, 0.2) is 5.78 Å². The van der Waals surface area contributed by atoms with Crippen molar-refractivity contribution >= 4 is 39.4 Å². The zero-order valence-electron chi connectivity index (χ0n) is 20.7. The lowest BCUT2D eigenvalue weighted by atomic mass is 10.1. The number of pyridine rings is 1. The number of aryl methyl sites for hydroxylation is 1. The van der Waals surface area contributed by atoms with Crippen molar-refractivity contribution < 1.29 is 14.0 Å². The van der Waals surface area contributed by atoms with E-state index in [1.54, 1.807) is 28.9 Å². The van der Waals surface area contributed by atoms with Crippen LogP contribution in [0.25, 0.3) is 21.9 Å². The third-order valence-electron chi connectivity index (χ3n) is 6.74. The number of halogens is 1. The summed E-state index contributed by atoms with van der Waals surface area (Å²) in [6.45, 7) is 8.90. The lowest BCUT2D eigenvalue weighted by Crippen LogP contribution is -2.27. The van der Waals surface area contributed by atoms with Crippen LogP contribution in [0.1, 0.15) is 54.3 Å². The minimum atomic E-state index is -0.471. The Balaban J connectivity index is 1.65. The number of likely N-dealkylation sites (tertiary alicyclic amines) is 1. The molecule has 37 heavy (non-hydrogen) atoms. The molecule has 1 atom stereocenters. The third kappa shape index (κ3) is 4.12. The molecule has 0 bridgehead atoms. The number of imidazole rings is 1. The van der Waals surface area contributed by atoms with Crippen LogP contribution >= 0.6 is 0 Å². The van der Waals surface area contributed by atoms with Gasteiger partial charge in [0, 0.05) is 38.3 Å². The van der Waals surface area contributed by atoms with Gasteiger partial charge in [-0.25, -0.2) is 14.4 Å². The Morgan fingerprint density at radius 3 is 2.81 bits per heavy atom. The van der Waals surface area contributed by atoms with Crippen LogP contribution in [-0.2, 0) is 11.3 Å². The van der Waals surface area contributed by atoms with E-state index < -0.39 is 5.82 Å². The van der Waals surface area contributed by atoms with Crippen LogP contribution in [0.15, 0.2) is 37.3 Å². The molecule has 1 aromatic carbocycles. The Morgan fingerprint density at radius 2 is 2.08 bits per heavy atom. The van der Waals surface area contributed by atoms with Gasteiger partial charge in [0.25, 0.3) is 0 Å². The molecule has 4 heterocycles. The zero-order valence-corrected chi connectivity index (χ0v) is 20.7. The van der Waals surface area contributed by atoms with Gasteiger partial charge in [-0.15, -0.1) is 0 Å². The van der Waals surface area contributed by atoms with Gasteiger partial charge in [0.1, 0.15) is 17.3 Å². The van der Waals surface area contributed by atoms with Gasteiger partial charge in [0.05, 0.1) is 45.4 Å². The first-order valence-electron chi connectivity index (χ1n) is 12.1. The first-order chi connectivity index (χ1) is 17.9. The Hall–Kier alpha value is -4.52. The number of aromatic nitrogens is 5. The van der Waals surface area contributed by atoms with E-state index in [1.165, 1.54) is 18.3 Å². The van der Waals surface area contributed by atoms with Gasteiger partial charge in [0.2, 0.25) is 5.91 Å². The van der Waals surface area contributed by atoms with Crippen molar-refractivity contribution in [2.45, 2.75) is 39.3 Å². The van der Waals surface area contributed by atoms with E-state index in [0.29, 0.717) is 53.6 Å². The summed E-state index contributed by atoms with van der Waals surface area (Å²) >= 11 is 0. The van der Waals surface area contributed by atoms with Crippen molar-refractivity contribution in [1.82, 2.24) is 29.2 Å². The van der Waals surface area contributed by atoms with Crippen molar-refractivity contribution in [1.29, 1.82) is 0 Å². The summed E-state index contributed by atoms with van der Waals surface area (Å²) in [6.07, 6.45) is 5.31. The maximum absolute atomic E-state index is 14.9. The highest BCUT2D eigenvalue weighted by Gasteiger charge is 2.30. The Labute approximate surface area is 212 Å². The molecule has 0 unspecified atom stereocenters. The van der Waals surface area contributed by atoms with Crippen molar-refractivity contribution in [3.05, 3.63) is 59.9 Å². The number of hydrogen-bond acceptors (Lipinski definition) is 6. The van der Waals surface area contributed by atoms with Crippen molar-refractivity contribution in [3.63, 3.8) is 0 Å². The second-order valence-electron chi connectivity index (χ2n) is 8.88. The molecule has 5 rings (SSSR count). The number of ketones is 1. The summed E-state index contributed by atoms with van der Waals surface area (Å²) in [4.78, 5) is 35.2. The quantitative estimate of drug-likeness (QED) is 0.256. The van der Waals surface area contributed by atoms with E-state index in [1.807, 2.05) is 11.5 Å². The second kappa shape index (κ2) is 9.50. The number of Topliss-reactive ketones (excluding diaryl/α,β-unsaturated/α-hetero) is 1. The minimum absolute atomic E-state index is 0.113. The van der Waals surface area contributed by atoms with Crippen LogP contribution in [-0.4, -0.2) is 54.0 Å². The topological polar surface area (TPSA) is 112 Å². The summed E-state index contributed by atoms with van der Waals surface area (Å²) in [5, 5.41) is 5.16. The summed E-state index contributed by atoms with van der Waals surface area (Å²) in [5.41, 5.74) is 8.97. The van der Waals surface area contributed by atoms with Gasteiger partial charge in [-0.2, -0.15) is 5.10 Å². The van der Waals surface area contributed by atoms with Gasteiger partial charge in [-0.3, -0.25) is 14.3 Å². The number of nitrogens with two attached hydrogens (primary N) is 1. The summed E-state index contributed by atoms with van der Waals surface area (Å²) < 4.78 is 18.5. The maximum Gasteiger partial charge on any atom is 0.246 e. The van der Waals surface area contributed by atoms with Crippen LogP contribution in [0.4, 0.5) is 10.2 Å². The number of anilines is 1. The lowest BCUT2D eigenvalue weighted by Gasteiger charge is -2.16. The fourth-order valence-corrected chi connectivity index (χ4v) is 4.77. The highest BCUT2D eigenvalue weighted by atomic mass is 19.1. The standard InChI is InChI=1S/C27H26FN7O2/c1-4-23(36)18-13-30-27(29)25-20(32-35(26(18)25)17-9-10-34(14-17)24(37)5-2)8-7-16-11-21-22(12-19(16)28)33(6-3)15-31-21/h5,11-13,15,17H,2,4,6,9-10,14H2,1,3H3,(H2,29,30)/t17-/m0/s1. The first kappa shape index (κ1) is 24.2. The van der Waals surface area contributed by atoms with Crippen LogP contribution in [0.2, 0.25) is 0 Å². The van der Waals surface area contributed by atoms with Gasteiger partial charge >= 0.3 is 0 Å². The second-order valence-corrected chi connectivity index (χ2v) is 8.88. The molecule has 9 nitrogen and oxygen atoms in total. The van der Waals surface area contributed by atoms with Gasteiger partial charge < -0.3 is 15.2 Å². The molecule has 0 spiro atoms. The first-order valence-corrected chi connectivity index (χ1v) is 12.1. The summed E-state index contributed by atoms with van der Waals surface area (Å²) in [6, 6.07) is 2.83. The SMILES string of the molecule is C=CC(=O)N1CC[C@H](n2nc(C#Cc3cc4ncn(CC)c4cc3F)c3c(N)ncc(C(=O)CC)c32)C1. The van der Waals surface area contributed by atoms with E-state index in [0.717, 1.165) is 0 Å². The highest BCUT2D eigenvalue weighted by Crippen LogP contribution is 2.32. The van der Waals surface area contributed by atoms with Gasteiger partial charge in [-0.05, 0) is 31.4 Å². The number of amides is 1. The number of rotatable bonds is 5. The fraction of sp³-hybridized carbons (Fsp3) is 0.296. The van der Waals surface area contributed by atoms with E-state index in [4.69, 9.17) is 10.8 Å². The molecular weight excluding hydrogens is 473 g/mol. The largest absolute Gasteiger partial charge is 0.383 e. The number of carbonyl (C=O) groups excluding carboxylic acids is 2. The molecule has 1 amide bonds. The van der Waals surface area contributed by atoms with E-state index in [2.05, 4.69) is 28.4 Å². The fourth-order valence-electron chi connectivity index (χ4n) is 4.77. The normalized spacial score (nSPS) is 15.2. The van der Waals surface area contributed by atoms with Crippen molar-refractivity contribution in [2.24, 2.45) is 0 Å². The average molecular weight is 500 g/mol. The Kier molecular flexibility index (Phi) is 6.21. The van der Waals surface area contributed by atoms with Crippen LogP contribution in [0, 0.1) is 17.7 Å². The molecule has 0 radical (unpaired) electrons.